The first-order valence-electron chi connectivity index (χ1n) is 6.38. The van der Waals surface area contributed by atoms with Gasteiger partial charge in [0.1, 0.15) is 0 Å². The van der Waals surface area contributed by atoms with Crippen LogP contribution < -0.4 is 5.32 Å². The Bertz CT molecular complexity index is 361. The van der Waals surface area contributed by atoms with Gasteiger partial charge in [0.05, 0.1) is 6.10 Å². The largest absolute Gasteiger partial charge is 0.384 e. The van der Waals surface area contributed by atoms with Crippen molar-refractivity contribution in [2.75, 3.05) is 18.5 Å². The van der Waals surface area contributed by atoms with Gasteiger partial charge in [-0.2, -0.15) is 0 Å². The van der Waals surface area contributed by atoms with Crippen molar-refractivity contribution < 1.29 is 4.74 Å². The molecule has 1 N–H and O–H groups in total. The Hall–Kier alpha value is -0.540. The SMILES string of the molecule is Cc1cccc(NCCCC2CCCO2)c1Br. The van der Waals surface area contributed by atoms with Gasteiger partial charge in [-0.3, -0.25) is 0 Å². The molecular formula is C14H20BrNO. The molecule has 2 nitrogen and oxygen atoms in total. The van der Waals surface area contributed by atoms with Crippen LogP contribution >= 0.6 is 15.9 Å². The molecule has 0 radical (unpaired) electrons. The average Bonchev–Trinajstić information content (AvgIpc) is 2.83. The van der Waals surface area contributed by atoms with Crippen molar-refractivity contribution in [2.24, 2.45) is 0 Å². The van der Waals surface area contributed by atoms with E-state index >= 15 is 0 Å². The lowest BCUT2D eigenvalue weighted by Crippen LogP contribution is -2.09. The summed E-state index contributed by atoms with van der Waals surface area (Å²) in [6, 6.07) is 6.31. The standard InChI is InChI=1S/C14H20BrNO/c1-11-5-2-8-13(14(11)15)16-9-3-6-12-7-4-10-17-12/h2,5,8,12,16H,3-4,6-7,9-10H2,1H3. The normalized spacial score (nSPS) is 19.5. The maximum Gasteiger partial charge on any atom is 0.0576 e. The summed E-state index contributed by atoms with van der Waals surface area (Å²) in [6.45, 7) is 4.09. The fourth-order valence-corrected chi connectivity index (χ4v) is 2.61. The lowest BCUT2D eigenvalue weighted by atomic mass is 10.1. The smallest absolute Gasteiger partial charge is 0.0576 e. The van der Waals surface area contributed by atoms with E-state index < -0.39 is 0 Å². The van der Waals surface area contributed by atoms with Crippen LogP contribution in [0.5, 0.6) is 0 Å². The minimum atomic E-state index is 0.512. The Labute approximate surface area is 112 Å². The fourth-order valence-electron chi connectivity index (χ4n) is 2.21. The van der Waals surface area contributed by atoms with Crippen LogP contribution in [0.25, 0.3) is 0 Å². The molecule has 3 heteroatoms. The van der Waals surface area contributed by atoms with Gasteiger partial charge < -0.3 is 10.1 Å². The highest BCUT2D eigenvalue weighted by atomic mass is 79.9. The van der Waals surface area contributed by atoms with E-state index in [4.69, 9.17) is 4.74 Å². The number of ether oxygens (including phenoxy) is 1. The van der Waals surface area contributed by atoms with Crippen LogP contribution in [-0.4, -0.2) is 19.3 Å². The summed E-state index contributed by atoms with van der Waals surface area (Å²) in [6.07, 6.45) is 5.34. The molecule has 1 aromatic rings. The zero-order chi connectivity index (χ0) is 12.1. The van der Waals surface area contributed by atoms with Crippen molar-refractivity contribution in [3.63, 3.8) is 0 Å². The first-order valence-corrected chi connectivity index (χ1v) is 7.17. The molecule has 1 aliphatic rings. The van der Waals surface area contributed by atoms with Gasteiger partial charge in [0, 0.05) is 23.3 Å². The molecule has 0 amide bonds. The predicted octanol–water partition coefficient (Wildman–Crippen LogP) is 4.13. The first-order chi connectivity index (χ1) is 8.27. The summed E-state index contributed by atoms with van der Waals surface area (Å²) in [5.74, 6) is 0. The Morgan fingerprint density at radius 1 is 1.47 bits per heavy atom. The Balaban J connectivity index is 1.72. The molecule has 0 saturated carbocycles. The van der Waals surface area contributed by atoms with Crippen LogP contribution in [0, 0.1) is 6.92 Å². The molecule has 0 spiro atoms. The maximum absolute atomic E-state index is 5.61. The van der Waals surface area contributed by atoms with Crippen molar-refractivity contribution >= 4 is 21.6 Å². The van der Waals surface area contributed by atoms with E-state index in [1.165, 1.54) is 41.4 Å². The van der Waals surface area contributed by atoms with Gasteiger partial charge in [-0.15, -0.1) is 0 Å². The van der Waals surface area contributed by atoms with E-state index in [0.29, 0.717) is 6.10 Å². The second-order valence-electron chi connectivity index (χ2n) is 4.64. The van der Waals surface area contributed by atoms with Crippen molar-refractivity contribution in [3.8, 4) is 0 Å². The number of benzene rings is 1. The number of aryl methyl sites for hydroxylation is 1. The highest BCUT2D eigenvalue weighted by molar-refractivity contribution is 9.10. The lowest BCUT2D eigenvalue weighted by Gasteiger charge is -2.12. The van der Waals surface area contributed by atoms with E-state index in [9.17, 15) is 0 Å². The summed E-state index contributed by atoms with van der Waals surface area (Å²) >= 11 is 3.61. The van der Waals surface area contributed by atoms with E-state index in [1.807, 2.05) is 0 Å². The van der Waals surface area contributed by atoms with Gasteiger partial charge in [-0.1, -0.05) is 12.1 Å². The average molecular weight is 298 g/mol. The lowest BCUT2D eigenvalue weighted by molar-refractivity contribution is 0.103. The Kier molecular flexibility index (Phi) is 4.86. The molecule has 2 rings (SSSR count). The molecule has 1 fully saturated rings. The number of nitrogens with one attached hydrogen (secondary N) is 1. The van der Waals surface area contributed by atoms with Crippen molar-refractivity contribution in [2.45, 2.75) is 38.7 Å². The fraction of sp³-hybridized carbons (Fsp3) is 0.571. The number of halogens is 1. The molecule has 0 bridgehead atoms. The maximum atomic E-state index is 5.61. The van der Waals surface area contributed by atoms with Gasteiger partial charge in [0.25, 0.3) is 0 Å². The van der Waals surface area contributed by atoms with Gasteiger partial charge >= 0.3 is 0 Å². The molecule has 1 aliphatic heterocycles. The zero-order valence-electron chi connectivity index (χ0n) is 10.3. The van der Waals surface area contributed by atoms with Crippen LogP contribution in [0.2, 0.25) is 0 Å². The molecule has 0 aliphatic carbocycles. The van der Waals surface area contributed by atoms with E-state index in [2.05, 4.69) is 46.4 Å². The number of hydrogen-bond donors (Lipinski definition) is 1. The third-order valence-corrected chi connectivity index (χ3v) is 4.29. The molecule has 94 valence electrons. The zero-order valence-corrected chi connectivity index (χ0v) is 11.9. The van der Waals surface area contributed by atoms with Gasteiger partial charge in [0.2, 0.25) is 0 Å². The highest BCUT2D eigenvalue weighted by Crippen LogP contribution is 2.25. The summed E-state index contributed by atoms with van der Waals surface area (Å²) in [7, 11) is 0. The minimum absolute atomic E-state index is 0.512. The third kappa shape index (κ3) is 3.71. The minimum Gasteiger partial charge on any atom is -0.384 e. The van der Waals surface area contributed by atoms with Gasteiger partial charge in [-0.25, -0.2) is 0 Å². The number of anilines is 1. The number of rotatable bonds is 5. The molecule has 0 aromatic heterocycles. The van der Waals surface area contributed by atoms with Crippen LogP contribution in [0.1, 0.15) is 31.2 Å². The molecule has 1 saturated heterocycles. The van der Waals surface area contributed by atoms with Crippen LogP contribution in [0.15, 0.2) is 22.7 Å². The second-order valence-corrected chi connectivity index (χ2v) is 5.43. The van der Waals surface area contributed by atoms with Crippen LogP contribution in [0.3, 0.4) is 0 Å². The molecule has 1 heterocycles. The van der Waals surface area contributed by atoms with E-state index in [-0.39, 0.29) is 0 Å². The molecule has 1 aromatic carbocycles. The molecule has 17 heavy (non-hydrogen) atoms. The number of hydrogen-bond acceptors (Lipinski definition) is 2. The topological polar surface area (TPSA) is 21.3 Å². The molecule has 1 unspecified atom stereocenters. The quantitative estimate of drug-likeness (QED) is 0.825. The van der Waals surface area contributed by atoms with Crippen molar-refractivity contribution in [1.82, 2.24) is 0 Å². The monoisotopic (exact) mass is 297 g/mol. The molecule has 1 atom stereocenters. The van der Waals surface area contributed by atoms with E-state index in [1.54, 1.807) is 0 Å². The van der Waals surface area contributed by atoms with E-state index in [0.717, 1.165) is 13.2 Å². The summed E-state index contributed by atoms with van der Waals surface area (Å²) in [5.41, 5.74) is 2.46. The predicted molar refractivity (Wildman–Crippen MR) is 75.6 cm³/mol. The van der Waals surface area contributed by atoms with Gasteiger partial charge in [0.15, 0.2) is 0 Å². The summed E-state index contributed by atoms with van der Waals surface area (Å²) in [5, 5.41) is 3.48. The van der Waals surface area contributed by atoms with Crippen molar-refractivity contribution in [3.05, 3.63) is 28.2 Å². The first kappa shape index (κ1) is 12.9. The second kappa shape index (κ2) is 6.41. The molecular weight excluding hydrogens is 278 g/mol. The third-order valence-electron chi connectivity index (χ3n) is 3.23. The summed E-state index contributed by atoms with van der Waals surface area (Å²) < 4.78 is 6.79. The van der Waals surface area contributed by atoms with Crippen molar-refractivity contribution in [1.29, 1.82) is 0 Å². The van der Waals surface area contributed by atoms with Gasteiger partial charge in [-0.05, 0) is 60.2 Å². The Morgan fingerprint density at radius 3 is 3.12 bits per heavy atom. The van der Waals surface area contributed by atoms with Crippen LogP contribution in [-0.2, 0) is 4.74 Å². The van der Waals surface area contributed by atoms with Crippen LogP contribution in [0.4, 0.5) is 5.69 Å². The Morgan fingerprint density at radius 2 is 2.35 bits per heavy atom. The highest BCUT2D eigenvalue weighted by Gasteiger charge is 2.14. The summed E-state index contributed by atoms with van der Waals surface area (Å²) in [4.78, 5) is 0.